The Hall–Kier alpha value is -6.46. The van der Waals surface area contributed by atoms with E-state index in [1.807, 2.05) is 22.9 Å². The van der Waals surface area contributed by atoms with Gasteiger partial charge in [0, 0.05) is 51.7 Å². The molecule has 5 heteroatoms. The number of hydrogen-bond acceptors (Lipinski definition) is 4. The number of allylic oxidation sites excluding steroid dienone is 3. The maximum absolute atomic E-state index is 5.15. The monoisotopic (exact) mass is 657 g/mol. The molecule has 0 atom stereocenters. The van der Waals surface area contributed by atoms with Gasteiger partial charge in [0.05, 0.1) is 5.69 Å². The first-order valence-corrected chi connectivity index (χ1v) is 17.7. The van der Waals surface area contributed by atoms with Crippen molar-refractivity contribution >= 4 is 28.4 Å². The summed E-state index contributed by atoms with van der Waals surface area (Å²) in [5, 5.41) is 5.10. The first kappa shape index (κ1) is 29.5. The van der Waals surface area contributed by atoms with E-state index in [0.29, 0.717) is 5.82 Å². The van der Waals surface area contributed by atoms with Crippen molar-refractivity contribution < 1.29 is 0 Å². The van der Waals surface area contributed by atoms with Crippen molar-refractivity contribution in [3.8, 4) is 28.5 Å². The van der Waals surface area contributed by atoms with Gasteiger partial charge in [-0.2, -0.15) is 0 Å². The van der Waals surface area contributed by atoms with Crippen LogP contribution < -0.4 is 9.80 Å². The molecule has 7 aromatic rings. The summed E-state index contributed by atoms with van der Waals surface area (Å²) in [4.78, 5) is 9.94. The summed E-state index contributed by atoms with van der Waals surface area (Å²) in [6.45, 7) is 0. The predicted molar refractivity (Wildman–Crippen MR) is 207 cm³/mol. The highest BCUT2D eigenvalue weighted by atomic mass is 15.4. The number of para-hydroxylation sites is 3. The van der Waals surface area contributed by atoms with Gasteiger partial charge in [0.15, 0.2) is 11.6 Å². The Morgan fingerprint density at radius 3 is 1.71 bits per heavy atom. The molecule has 0 amide bonds. The molecule has 6 aromatic carbocycles. The zero-order chi connectivity index (χ0) is 33.7. The maximum Gasteiger partial charge on any atom is 0.182 e. The molecule has 2 aliphatic heterocycles. The van der Waals surface area contributed by atoms with Crippen molar-refractivity contribution in [3.05, 3.63) is 192 Å². The first-order chi connectivity index (χ1) is 25.3. The number of nitrogens with zero attached hydrogens (tertiary/aromatic N) is 5. The molecule has 0 N–H and O–H groups in total. The molecular weight excluding hydrogens is 623 g/mol. The molecule has 0 radical (unpaired) electrons. The molecule has 1 aromatic heterocycles. The van der Waals surface area contributed by atoms with E-state index in [2.05, 4.69) is 155 Å². The van der Waals surface area contributed by atoms with Crippen LogP contribution in [-0.4, -0.2) is 14.8 Å². The van der Waals surface area contributed by atoms with E-state index in [1.54, 1.807) is 0 Å². The molecule has 0 bridgehead atoms. The SMILES string of the molecule is C1=CC2=C(CC1)Cc1ccccc1N2c1ccc(-c2nc(-c3ccccc3)nn2-c2ccc(N3c4ccccc4Cc4ccccc43)cc2)cc1. The second-order valence-corrected chi connectivity index (χ2v) is 13.4. The zero-order valence-corrected chi connectivity index (χ0v) is 28.2. The van der Waals surface area contributed by atoms with Gasteiger partial charge in [-0.05, 0) is 114 Å². The molecule has 10 rings (SSSR count). The standard InChI is InChI=1S/C46H35N5/c1-2-12-32(13-3-1)45-47-46(33-22-24-38(25-23-33)49-41-18-8-4-14-34(41)30-35-15-5-9-19-42(35)49)51(48-45)40-28-26-39(27-29-40)50-43-20-10-6-16-36(43)31-37-17-7-11-21-44(37)50/h1-4,6-14,16-29H,5,15,30-31H2. The van der Waals surface area contributed by atoms with Crippen LogP contribution in [0.3, 0.4) is 0 Å². The number of benzene rings is 6. The highest BCUT2D eigenvalue weighted by Crippen LogP contribution is 2.45. The van der Waals surface area contributed by atoms with Gasteiger partial charge in [0.1, 0.15) is 0 Å². The lowest BCUT2D eigenvalue weighted by Gasteiger charge is -2.36. The van der Waals surface area contributed by atoms with Crippen LogP contribution in [0.4, 0.5) is 28.4 Å². The summed E-state index contributed by atoms with van der Waals surface area (Å²) >= 11 is 0. The van der Waals surface area contributed by atoms with E-state index in [9.17, 15) is 0 Å². The van der Waals surface area contributed by atoms with E-state index >= 15 is 0 Å². The minimum absolute atomic E-state index is 0.699. The normalized spacial score (nSPS) is 14.5. The molecule has 3 heterocycles. The Morgan fingerprint density at radius 2 is 1.02 bits per heavy atom. The largest absolute Gasteiger partial charge is 0.310 e. The van der Waals surface area contributed by atoms with Crippen LogP contribution in [0, 0.1) is 0 Å². The van der Waals surface area contributed by atoms with Crippen molar-refractivity contribution in [3.63, 3.8) is 0 Å². The third-order valence-electron chi connectivity index (χ3n) is 10.3. The molecule has 5 nitrogen and oxygen atoms in total. The van der Waals surface area contributed by atoms with Gasteiger partial charge in [-0.1, -0.05) is 91.0 Å². The third kappa shape index (κ3) is 5.09. The van der Waals surface area contributed by atoms with Crippen LogP contribution in [-0.2, 0) is 12.8 Å². The molecule has 3 aliphatic rings. The van der Waals surface area contributed by atoms with Gasteiger partial charge in [0.25, 0.3) is 0 Å². The fourth-order valence-electron chi connectivity index (χ4n) is 7.89. The van der Waals surface area contributed by atoms with Gasteiger partial charge in [-0.25, -0.2) is 9.67 Å². The van der Waals surface area contributed by atoms with Gasteiger partial charge < -0.3 is 9.80 Å². The first-order valence-electron chi connectivity index (χ1n) is 17.7. The summed E-state index contributed by atoms with van der Waals surface area (Å²) < 4.78 is 1.99. The van der Waals surface area contributed by atoms with Crippen LogP contribution in [0.5, 0.6) is 0 Å². The molecule has 51 heavy (non-hydrogen) atoms. The zero-order valence-electron chi connectivity index (χ0n) is 28.2. The van der Waals surface area contributed by atoms with Gasteiger partial charge in [-0.3, -0.25) is 0 Å². The lowest BCUT2D eigenvalue weighted by molar-refractivity contribution is 0.857. The van der Waals surface area contributed by atoms with Gasteiger partial charge >= 0.3 is 0 Å². The Labute approximate surface area is 298 Å². The van der Waals surface area contributed by atoms with Crippen molar-refractivity contribution in [2.75, 3.05) is 9.80 Å². The van der Waals surface area contributed by atoms with Gasteiger partial charge in [0.2, 0.25) is 0 Å². The van der Waals surface area contributed by atoms with Crippen molar-refractivity contribution in [2.24, 2.45) is 0 Å². The van der Waals surface area contributed by atoms with Crippen LogP contribution in [0.25, 0.3) is 28.5 Å². The minimum atomic E-state index is 0.699. The Morgan fingerprint density at radius 1 is 0.471 bits per heavy atom. The lowest BCUT2D eigenvalue weighted by Crippen LogP contribution is -2.24. The average Bonchev–Trinajstić information content (AvgIpc) is 3.65. The molecule has 0 spiro atoms. The van der Waals surface area contributed by atoms with Crippen LogP contribution in [0.15, 0.2) is 175 Å². The lowest BCUT2D eigenvalue weighted by atomic mass is 9.89. The third-order valence-corrected chi connectivity index (χ3v) is 10.3. The van der Waals surface area contributed by atoms with Crippen molar-refractivity contribution in [2.45, 2.75) is 25.7 Å². The van der Waals surface area contributed by atoms with Crippen molar-refractivity contribution in [1.29, 1.82) is 0 Å². The van der Waals surface area contributed by atoms with E-state index in [-0.39, 0.29) is 0 Å². The molecule has 1 aliphatic carbocycles. The number of fused-ring (bicyclic) bond motifs is 3. The second kappa shape index (κ2) is 12.1. The Balaban J connectivity index is 1.05. The fourth-order valence-corrected chi connectivity index (χ4v) is 7.89. The molecule has 0 fully saturated rings. The van der Waals surface area contributed by atoms with Crippen LogP contribution >= 0.6 is 0 Å². The summed E-state index contributed by atoms with van der Waals surface area (Å²) in [7, 11) is 0. The summed E-state index contributed by atoms with van der Waals surface area (Å²) in [6, 6.07) is 53.9. The number of hydrogen-bond donors (Lipinski definition) is 0. The van der Waals surface area contributed by atoms with E-state index < -0.39 is 0 Å². The molecule has 0 unspecified atom stereocenters. The van der Waals surface area contributed by atoms with Gasteiger partial charge in [-0.15, -0.1) is 5.10 Å². The molecular formula is C46H35N5. The van der Waals surface area contributed by atoms with E-state index in [1.165, 1.54) is 45.0 Å². The quantitative estimate of drug-likeness (QED) is 0.185. The smallest absolute Gasteiger partial charge is 0.182 e. The predicted octanol–water partition coefficient (Wildman–Crippen LogP) is 11.3. The highest BCUT2D eigenvalue weighted by Gasteiger charge is 2.27. The van der Waals surface area contributed by atoms with Crippen molar-refractivity contribution in [1.82, 2.24) is 14.8 Å². The number of anilines is 5. The molecule has 244 valence electrons. The average molecular weight is 658 g/mol. The highest BCUT2D eigenvalue weighted by molar-refractivity contribution is 5.84. The summed E-state index contributed by atoms with van der Waals surface area (Å²) in [5.74, 6) is 1.50. The summed E-state index contributed by atoms with van der Waals surface area (Å²) in [5.41, 5.74) is 15.8. The number of aromatic nitrogens is 3. The Bertz CT molecular complexity index is 2430. The van der Waals surface area contributed by atoms with E-state index in [0.717, 1.165) is 59.7 Å². The van der Waals surface area contributed by atoms with E-state index in [4.69, 9.17) is 10.1 Å². The second-order valence-electron chi connectivity index (χ2n) is 13.4. The minimum Gasteiger partial charge on any atom is -0.310 e. The van der Waals surface area contributed by atoms with Crippen LogP contribution in [0.2, 0.25) is 0 Å². The maximum atomic E-state index is 5.15. The summed E-state index contributed by atoms with van der Waals surface area (Å²) in [6.07, 6.45) is 8.77. The van der Waals surface area contributed by atoms with Crippen LogP contribution in [0.1, 0.15) is 29.5 Å². The molecule has 0 saturated heterocycles. The number of rotatable bonds is 5. The topological polar surface area (TPSA) is 37.2 Å². The molecule has 0 saturated carbocycles. The fraction of sp³-hybridized carbons (Fsp3) is 0.0870. The Kier molecular flexibility index (Phi) is 7.02.